The predicted octanol–water partition coefficient (Wildman–Crippen LogP) is 6.67. The van der Waals surface area contributed by atoms with Crippen molar-refractivity contribution >= 4 is 27.8 Å². The van der Waals surface area contributed by atoms with Crippen LogP contribution in [-0.2, 0) is 20.9 Å². The fourth-order valence-electron chi connectivity index (χ4n) is 6.62. The van der Waals surface area contributed by atoms with Gasteiger partial charge in [-0.25, -0.2) is 4.79 Å². The number of methoxy groups -OCH3 is 1. The Morgan fingerprint density at radius 1 is 1.05 bits per heavy atom. The van der Waals surface area contributed by atoms with Gasteiger partial charge in [0.15, 0.2) is 0 Å². The third-order valence-corrected chi connectivity index (χ3v) is 8.81. The number of hydrogen-bond acceptors (Lipinski definition) is 5. The van der Waals surface area contributed by atoms with Gasteiger partial charge in [-0.15, -0.1) is 0 Å². The monoisotopic (exact) mass is 598 g/mol. The minimum atomic E-state index is -0.675. The molecule has 0 radical (unpaired) electrons. The molecule has 0 bridgehead atoms. The molecule has 1 aliphatic heterocycles. The van der Waals surface area contributed by atoms with Gasteiger partial charge in [0.25, 0.3) is 0 Å². The lowest BCUT2D eigenvalue weighted by molar-refractivity contribution is -0.158. The molecular weight excluding hydrogens is 556 g/mol. The molecule has 212 valence electrons. The molecular formula is C32H43BrN2O4. The normalized spacial score (nSPS) is 24.0. The highest BCUT2D eigenvalue weighted by Crippen LogP contribution is 2.49. The van der Waals surface area contributed by atoms with E-state index in [-0.39, 0.29) is 47.8 Å². The van der Waals surface area contributed by atoms with Gasteiger partial charge in [0.1, 0.15) is 11.8 Å². The number of nitrogens with one attached hydrogen (secondary N) is 1. The number of nitrogens with zero attached hydrogens (tertiary/aromatic N) is 1. The second kappa shape index (κ2) is 12.9. The van der Waals surface area contributed by atoms with Crippen molar-refractivity contribution in [2.45, 2.75) is 84.5 Å². The molecule has 2 aromatic rings. The van der Waals surface area contributed by atoms with Gasteiger partial charge >= 0.3 is 5.97 Å². The van der Waals surface area contributed by atoms with Crippen LogP contribution >= 0.6 is 15.9 Å². The fraction of sp³-hybridized carbons (Fsp3) is 0.562. The lowest BCUT2D eigenvalue weighted by Gasteiger charge is -2.36. The molecule has 1 saturated heterocycles. The first-order valence-corrected chi connectivity index (χ1v) is 15.1. The number of likely N-dealkylation sites (tertiary alicyclic amines) is 1. The summed E-state index contributed by atoms with van der Waals surface area (Å²) in [6.45, 7) is 9.13. The van der Waals surface area contributed by atoms with Gasteiger partial charge in [0.05, 0.1) is 19.8 Å². The van der Waals surface area contributed by atoms with Crippen LogP contribution in [0.15, 0.2) is 53.0 Å². The summed E-state index contributed by atoms with van der Waals surface area (Å²) < 4.78 is 12.3. The second-order valence-electron chi connectivity index (χ2n) is 11.9. The topological polar surface area (TPSA) is 67.9 Å². The largest absolute Gasteiger partial charge is 0.496 e. The van der Waals surface area contributed by atoms with Crippen LogP contribution in [0.1, 0.15) is 77.0 Å². The molecule has 1 aliphatic carbocycles. The first kappa shape index (κ1) is 29.6. The van der Waals surface area contributed by atoms with E-state index in [0.717, 1.165) is 53.5 Å². The molecule has 1 N–H and O–H groups in total. The van der Waals surface area contributed by atoms with E-state index in [9.17, 15) is 9.59 Å². The van der Waals surface area contributed by atoms with Crippen LogP contribution in [0.5, 0.6) is 5.75 Å². The molecule has 4 rings (SSSR count). The maximum atomic E-state index is 14.4. The summed E-state index contributed by atoms with van der Waals surface area (Å²) in [5.41, 5.74) is 1.75. The molecule has 1 heterocycles. The van der Waals surface area contributed by atoms with Gasteiger partial charge in [-0.2, -0.15) is 0 Å². The molecule has 1 amide bonds. The number of amides is 1. The van der Waals surface area contributed by atoms with E-state index in [1.54, 1.807) is 7.11 Å². The van der Waals surface area contributed by atoms with Gasteiger partial charge in [-0.05, 0) is 48.9 Å². The van der Waals surface area contributed by atoms with E-state index in [1.807, 2.05) is 42.2 Å². The number of carbonyl (C=O) groups is 2. The maximum Gasteiger partial charge on any atom is 0.329 e. The molecule has 2 fully saturated rings. The first-order chi connectivity index (χ1) is 18.7. The summed E-state index contributed by atoms with van der Waals surface area (Å²) in [5, 5.41) is 3.82. The smallest absolute Gasteiger partial charge is 0.329 e. The Hall–Kier alpha value is -2.38. The van der Waals surface area contributed by atoms with E-state index in [4.69, 9.17) is 9.47 Å². The van der Waals surface area contributed by atoms with Crippen molar-refractivity contribution in [2.75, 3.05) is 13.7 Å². The Balaban J connectivity index is 1.83. The highest BCUT2D eigenvalue weighted by atomic mass is 79.9. The van der Waals surface area contributed by atoms with Gasteiger partial charge in [-0.1, -0.05) is 86.3 Å². The average Bonchev–Trinajstić information content (AvgIpc) is 3.28. The van der Waals surface area contributed by atoms with Crippen LogP contribution in [-0.4, -0.2) is 42.6 Å². The van der Waals surface area contributed by atoms with E-state index in [2.05, 4.69) is 60.2 Å². The molecule has 2 aliphatic rings. The third-order valence-electron chi connectivity index (χ3n) is 8.32. The average molecular weight is 600 g/mol. The van der Waals surface area contributed by atoms with E-state index in [0.29, 0.717) is 6.54 Å². The molecule has 1 saturated carbocycles. The van der Waals surface area contributed by atoms with Crippen LogP contribution in [0.2, 0.25) is 0 Å². The Bertz CT molecular complexity index is 1130. The maximum absolute atomic E-state index is 14.4. The molecule has 0 aromatic heterocycles. The number of hydrogen-bond donors (Lipinski definition) is 1. The fourth-order valence-corrected chi connectivity index (χ4v) is 7.02. The van der Waals surface area contributed by atoms with Crippen LogP contribution in [0, 0.1) is 17.3 Å². The van der Waals surface area contributed by atoms with Crippen molar-refractivity contribution in [3.8, 4) is 5.75 Å². The Morgan fingerprint density at radius 2 is 1.74 bits per heavy atom. The van der Waals surface area contributed by atoms with Crippen molar-refractivity contribution in [3.05, 3.63) is 64.1 Å². The molecule has 4 atom stereocenters. The third kappa shape index (κ3) is 6.51. The van der Waals surface area contributed by atoms with Crippen molar-refractivity contribution in [1.82, 2.24) is 10.2 Å². The minimum absolute atomic E-state index is 0.0635. The van der Waals surface area contributed by atoms with Crippen LogP contribution in [0.3, 0.4) is 0 Å². The van der Waals surface area contributed by atoms with Gasteiger partial charge in [0, 0.05) is 34.5 Å². The lowest BCUT2D eigenvalue weighted by Crippen LogP contribution is -2.50. The highest BCUT2D eigenvalue weighted by Gasteiger charge is 2.58. The number of esters is 1. The number of halogens is 1. The summed E-state index contributed by atoms with van der Waals surface area (Å²) in [5.74, 6) is 0.329. The Morgan fingerprint density at radius 3 is 2.36 bits per heavy atom. The summed E-state index contributed by atoms with van der Waals surface area (Å²) in [4.78, 5) is 30.1. The van der Waals surface area contributed by atoms with Gasteiger partial charge in [-0.3, -0.25) is 4.79 Å². The Kier molecular flexibility index (Phi) is 9.76. The SMILES string of the molecule is CCOC(=O)[C@@H]1[C@@H](C(C)(C)C)[C@H](NCc2cc(Br)ccc2OC)[C@H](c2ccccc2)N1C(=O)C1CCCCC1. The summed E-state index contributed by atoms with van der Waals surface area (Å²) >= 11 is 3.59. The van der Waals surface area contributed by atoms with Gasteiger partial charge < -0.3 is 19.7 Å². The number of rotatable bonds is 8. The summed E-state index contributed by atoms with van der Waals surface area (Å²) in [6.07, 6.45) is 5.02. The molecule has 2 aromatic carbocycles. The van der Waals surface area contributed by atoms with Crippen LogP contribution in [0.25, 0.3) is 0 Å². The zero-order chi connectivity index (χ0) is 28.2. The van der Waals surface area contributed by atoms with E-state index < -0.39 is 6.04 Å². The summed E-state index contributed by atoms with van der Waals surface area (Å²) in [6, 6.07) is 15.0. The number of benzene rings is 2. The van der Waals surface area contributed by atoms with Crippen molar-refractivity contribution in [2.24, 2.45) is 17.3 Å². The zero-order valence-corrected chi connectivity index (χ0v) is 25.5. The van der Waals surface area contributed by atoms with Gasteiger partial charge in [0.2, 0.25) is 5.91 Å². The lowest BCUT2D eigenvalue weighted by atomic mass is 9.72. The molecule has 39 heavy (non-hydrogen) atoms. The van der Waals surface area contributed by atoms with Crippen molar-refractivity contribution < 1.29 is 19.1 Å². The molecule has 7 heteroatoms. The minimum Gasteiger partial charge on any atom is -0.496 e. The highest BCUT2D eigenvalue weighted by molar-refractivity contribution is 9.10. The van der Waals surface area contributed by atoms with Crippen LogP contribution in [0.4, 0.5) is 0 Å². The molecule has 6 nitrogen and oxygen atoms in total. The number of ether oxygens (including phenoxy) is 2. The standard InChI is InChI=1S/C32H43BrN2O4/c1-6-39-31(37)29-26(32(2,3)4)27(34-20-23-19-24(33)17-18-25(23)38-5)28(21-13-9-7-10-14-21)35(29)30(36)22-15-11-8-12-16-22/h7,9-10,13-14,17-19,22,26-29,34H,6,8,11-12,15-16,20H2,1-5H3/t26-,27-,28-,29-/m0/s1. The van der Waals surface area contributed by atoms with Crippen molar-refractivity contribution in [3.63, 3.8) is 0 Å². The zero-order valence-electron chi connectivity index (χ0n) is 23.9. The predicted molar refractivity (Wildman–Crippen MR) is 157 cm³/mol. The van der Waals surface area contributed by atoms with Crippen LogP contribution < -0.4 is 10.1 Å². The molecule has 0 spiro atoms. The number of carbonyl (C=O) groups excluding carboxylic acids is 2. The quantitative estimate of drug-likeness (QED) is 0.343. The second-order valence-corrected chi connectivity index (χ2v) is 12.8. The van der Waals surface area contributed by atoms with E-state index >= 15 is 0 Å². The summed E-state index contributed by atoms with van der Waals surface area (Å²) in [7, 11) is 1.67. The Labute approximate surface area is 242 Å². The van der Waals surface area contributed by atoms with Crippen molar-refractivity contribution in [1.29, 1.82) is 0 Å². The first-order valence-electron chi connectivity index (χ1n) is 14.3. The van der Waals surface area contributed by atoms with E-state index in [1.165, 1.54) is 0 Å². The molecule has 0 unspecified atom stereocenters.